The molecular weight excluding hydrogens is 338 g/mol. The summed E-state index contributed by atoms with van der Waals surface area (Å²) in [6, 6.07) is 8.84. The lowest BCUT2D eigenvalue weighted by Crippen LogP contribution is -2.15. The van der Waals surface area contributed by atoms with Gasteiger partial charge in [0, 0.05) is 17.5 Å². The van der Waals surface area contributed by atoms with Crippen LogP contribution in [0, 0.1) is 0 Å². The van der Waals surface area contributed by atoms with Gasteiger partial charge >= 0.3 is 5.63 Å². The maximum Gasteiger partial charge on any atom is 0.336 e. The lowest BCUT2D eigenvalue weighted by Gasteiger charge is -2.07. The largest absolute Gasteiger partial charge is 0.493 e. The van der Waals surface area contributed by atoms with Crippen molar-refractivity contribution in [3.05, 3.63) is 53.4 Å². The highest BCUT2D eigenvalue weighted by molar-refractivity contribution is 5.77. The first kappa shape index (κ1) is 21.2. The number of hydrogen-bond acceptors (Lipinski definition) is 4. The summed E-state index contributed by atoms with van der Waals surface area (Å²) in [6.07, 6.45) is 13.1. The molecule has 1 aromatic carbocycles. The molecule has 0 aliphatic heterocycles. The van der Waals surface area contributed by atoms with Gasteiger partial charge in [0.05, 0.1) is 6.61 Å². The van der Waals surface area contributed by atoms with Crippen LogP contribution in [0.25, 0.3) is 11.0 Å². The molecule has 0 saturated heterocycles. The van der Waals surface area contributed by atoms with Gasteiger partial charge in [0.25, 0.3) is 0 Å². The van der Waals surface area contributed by atoms with Gasteiger partial charge in [-0.05, 0) is 50.6 Å². The SMILES string of the molecule is C=CCCNCCCCCCCCCCOc1ccc2ccc(=O)oc2c1. The Bertz CT molecular complexity index is 723. The molecule has 0 unspecified atom stereocenters. The third-order valence-electron chi connectivity index (χ3n) is 4.64. The minimum atomic E-state index is -0.330. The molecule has 2 rings (SSSR count). The third kappa shape index (κ3) is 8.91. The molecule has 4 heteroatoms. The number of rotatable bonds is 15. The van der Waals surface area contributed by atoms with Crippen molar-refractivity contribution < 1.29 is 9.15 Å². The van der Waals surface area contributed by atoms with E-state index in [1.54, 1.807) is 12.1 Å². The second-order valence-corrected chi connectivity index (χ2v) is 6.96. The van der Waals surface area contributed by atoms with E-state index in [0.717, 1.165) is 37.1 Å². The normalized spacial score (nSPS) is 11.0. The molecule has 1 N–H and O–H groups in total. The van der Waals surface area contributed by atoms with Crippen LogP contribution in [0.5, 0.6) is 5.75 Å². The summed E-state index contributed by atoms with van der Waals surface area (Å²) in [6.45, 7) is 6.61. The lowest BCUT2D eigenvalue weighted by molar-refractivity contribution is 0.304. The molecule has 4 nitrogen and oxygen atoms in total. The predicted molar refractivity (Wildman–Crippen MR) is 113 cm³/mol. The fourth-order valence-corrected chi connectivity index (χ4v) is 3.06. The first-order valence-corrected chi connectivity index (χ1v) is 10.3. The Morgan fingerprint density at radius 2 is 1.63 bits per heavy atom. The summed E-state index contributed by atoms with van der Waals surface area (Å²) in [5, 5.41) is 4.34. The summed E-state index contributed by atoms with van der Waals surface area (Å²) in [7, 11) is 0. The van der Waals surface area contributed by atoms with E-state index in [1.165, 1.54) is 51.0 Å². The van der Waals surface area contributed by atoms with Crippen LogP contribution in [0.3, 0.4) is 0 Å². The van der Waals surface area contributed by atoms with Crippen LogP contribution in [0.15, 0.2) is 52.2 Å². The molecule has 0 atom stereocenters. The van der Waals surface area contributed by atoms with Gasteiger partial charge in [0.15, 0.2) is 0 Å². The first-order chi connectivity index (χ1) is 13.3. The smallest absolute Gasteiger partial charge is 0.336 e. The van der Waals surface area contributed by atoms with E-state index in [9.17, 15) is 4.79 Å². The second-order valence-electron chi connectivity index (χ2n) is 6.96. The Morgan fingerprint density at radius 1 is 0.926 bits per heavy atom. The van der Waals surface area contributed by atoms with Gasteiger partial charge in [0.1, 0.15) is 11.3 Å². The number of unbranched alkanes of at least 4 members (excludes halogenated alkanes) is 7. The van der Waals surface area contributed by atoms with Crippen molar-refractivity contribution >= 4 is 11.0 Å². The van der Waals surface area contributed by atoms with Crippen molar-refractivity contribution in [3.63, 3.8) is 0 Å². The van der Waals surface area contributed by atoms with Gasteiger partial charge in [-0.25, -0.2) is 4.79 Å². The summed E-state index contributed by atoms with van der Waals surface area (Å²) < 4.78 is 11.0. The maximum absolute atomic E-state index is 11.3. The van der Waals surface area contributed by atoms with Crippen molar-refractivity contribution in [3.8, 4) is 5.75 Å². The second kappa shape index (κ2) is 13.2. The van der Waals surface area contributed by atoms with E-state index in [-0.39, 0.29) is 5.63 Å². The van der Waals surface area contributed by atoms with Crippen LogP contribution in [0.2, 0.25) is 0 Å². The van der Waals surface area contributed by atoms with Crippen LogP contribution in [0.1, 0.15) is 57.8 Å². The first-order valence-electron chi connectivity index (χ1n) is 10.3. The number of fused-ring (bicyclic) bond motifs is 1. The molecule has 27 heavy (non-hydrogen) atoms. The summed E-state index contributed by atoms with van der Waals surface area (Å²) >= 11 is 0. The number of hydrogen-bond donors (Lipinski definition) is 1. The van der Waals surface area contributed by atoms with Crippen molar-refractivity contribution in [1.29, 1.82) is 0 Å². The molecular formula is C23H33NO3. The zero-order valence-corrected chi connectivity index (χ0v) is 16.4. The number of ether oxygens (including phenoxy) is 1. The van der Waals surface area contributed by atoms with Crippen LogP contribution < -0.4 is 15.7 Å². The highest BCUT2D eigenvalue weighted by Gasteiger charge is 2.00. The molecule has 0 bridgehead atoms. The van der Waals surface area contributed by atoms with Gasteiger partial charge in [-0.3, -0.25) is 0 Å². The van der Waals surface area contributed by atoms with Crippen molar-refractivity contribution in [2.45, 2.75) is 57.8 Å². The van der Waals surface area contributed by atoms with Gasteiger partial charge in [-0.15, -0.1) is 6.58 Å². The number of nitrogens with one attached hydrogen (secondary N) is 1. The molecule has 0 fully saturated rings. The van der Waals surface area contributed by atoms with Crippen LogP contribution in [0.4, 0.5) is 0 Å². The van der Waals surface area contributed by atoms with E-state index in [1.807, 2.05) is 18.2 Å². The van der Waals surface area contributed by atoms with E-state index in [0.29, 0.717) is 12.2 Å². The molecule has 0 radical (unpaired) electrons. The Morgan fingerprint density at radius 3 is 2.41 bits per heavy atom. The van der Waals surface area contributed by atoms with Crippen molar-refractivity contribution in [1.82, 2.24) is 5.32 Å². The predicted octanol–water partition coefficient (Wildman–Crippen LogP) is 5.46. The highest BCUT2D eigenvalue weighted by atomic mass is 16.5. The van der Waals surface area contributed by atoms with E-state index in [4.69, 9.17) is 9.15 Å². The van der Waals surface area contributed by atoms with Crippen molar-refractivity contribution in [2.24, 2.45) is 0 Å². The fourth-order valence-electron chi connectivity index (χ4n) is 3.06. The quantitative estimate of drug-likeness (QED) is 0.257. The minimum Gasteiger partial charge on any atom is -0.493 e. The molecule has 2 aromatic rings. The van der Waals surface area contributed by atoms with Crippen LogP contribution >= 0.6 is 0 Å². The molecule has 0 saturated carbocycles. The minimum absolute atomic E-state index is 0.330. The summed E-state index contributed by atoms with van der Waals surface area (Å²) in [5.74, 6) is 0.763. The van der Waals surface area contributed by atoms with E-state index < -0.39 is 0 Å². The fraction of sp³-hybridized carbons (Fsp3) is 0.522. The number of benzene rings is 1. The average Bonchev–Trinajstić information content (AvgIpc) is 2.68. The van der Waals surface area contributed by atoms with Gasteiger partial charge < -0.3 is 14.5 Å². The molecule has 148 valence electrons. The summed E-state index contributed by atoms with van der Waals surface area (Å²) in [4.78, 5) is 11.3. The molecule has 1 aromatic heterocycles. The topological polar surface area (TPSA) is 51.5 Å². The Kier molecular flexibility index (Phi) is 10.3. The van der Waals surface area contributed by atoms with Crippen LogP contribution in [-0.4, -0.2) is 19.7 Å². The zero-order valence-electron chi connectivity index (χ0n) is 16.4. The molecule has 1 heterocycles. The summed E-state index contributed by atoms with van der Waals surface area (Å²) in [5.41, 5.74) is 0.250. The Hall–Kier alpha value is -2.07. The zero-order chi connectivity index (χ0) is 19.2. The van der Waals surface area contributed by atoms with Crippen LogP contribution in [-0.2, 0) is 0 Å². The molecule has 0 aliphatic carbocycles. The van der Waals surface area contributed by atoms with Gasteiger partial charge in [0.2, 0.25) is 0 Å². The van der Waals surface area contributed by atoms with Gasteiger partial charge in [-0.2, -0.15) is 0 Å². The molecule has 0 aliphatic rings. The Balaban J connectivity index is 1.45. The van der Waals surface area contributed by atoms with E-state index >= 15 is 0 Å². The molecule has 0 amide bonds. The maximum atomic E-state index is 11.3. The standard InChI is InChI=1S/C23H33NO3/c1-2-3-16-24-17-10-8-6-4-5-7-9-11-18-26-21-14-12-20-13-15-23(25)27-22(20)19-21/h2,12-15,19,24H,1,3-11,16-18H2. The van der Waals surface area contributed by atoms with E-state index in [2.05, 4.69) is 11.9 Å². The lowest BCUT2D eigenvalue weighted by atomic mass is 10.1. The average molecular weight is 372 g/mol. The Labute approximate surface area is 162 Å². The van der Waals surface area contributed by atoms with Crippen molar-refractivity contribution in [2.75, 3.05) is 19.7 Å². The highest BCUT2D eigenvalue weighted by Crippen LogP contribution is 2.19. The van der Waals surface area contributed by atoms with Gasteiger partial charge in [-0.1, -0.05) is 44.6 Å². The monoisotopic (exact) mass is 371 g/mol. The third-order valence-corrected chi connectivity index (χ3v) is 4.64. The molecule has 0 spiro atoms.